The van der Waals surface area contributed by atoms with Crippen molar-refractivity contribution in [2.75, 3.05) is 10.7 Å². The van der Waals surface area contributed by atoms with Crippen LogP contribution in [0.1, 0.15) is 50.5 Å². The molecule has 2 N–H and O–H groups in total. The van der Waals surface area contributed by atoms with E-state index in [-0.39, 0.29) is 29.3 Å². The molecule has 1 atom stereocenters. The number of fused-ring (bicyclic) bond motifs is 1. The predicted octanol–water partition coefficient (Wildman–Crippen LogP) is 5.15. The lowest BCUT2D eigenvalue weighted by Gasteiger charge is -2.27. The number of rotatable bonds is 5. The molecule has 1 aliphatic rings. The Morgan fingerprint density at radius 1 is 1.23 bits per heavy atom. The summed E-state index contributed by atoms with van der Waals surface area (Å²) in [6.07, 6.45) is -0.711. The number of benzene rings is 2. The van der Waals surface area contributed by atoms with Crippen LogP contribution in [0.4, 0.5) is 14.9 Å². The second kappa shape index (κ2) is 10.9. The highest BCUT2D eigenvalue weighted by atomic mass is 35.5. The van der Waals surface area contributed by atoms with Gasteiger partial charge in [-0.25, -0.2) is 9.18 Å². The lowest BCUT2D eigenvalue weighted by molar-refractivity contribution is -0.120. The van der Waals surface area contributed by atoms with Gasteiger partial charge in [0.1, 0.15) is 17.5 Å². The van der Waals surface area contributed by atoms with E-state index in [1.165, 1.54) is 28.8 Å². The number of carbonyl (C=O) groups excluding carboxylic acids is 3. The summed E-state index contributed by atoms with van der Waals surface area (Å²) in [7, 11) is 0. The molecule has 35 heavy (non-hydrogen) atoms. The van der Waals surface area contributed by atoms with Gasteiger partial charge in [-0.1, -0.05) is 17.7 Å². The molecular formula is C25H29ClFN3O4S. The number of halogens is 2. The van der Waals surface area contributed by atoms with Gasteiger partial charge in [0.05, 0.1) is 17.3 Å². The third kappa shape index (κ3) is 7.11. The van der Waals surface area contributed by atoms with Crippen LogP contribution in [0, 0.1) is 5.82 Å². The summed E-state index contributed by atoms with van der Waals surface area (Å²) in [5.74, 6) is -1.02. The van der Waals surface area contributed by atoms with Crippen molar-refractivity contribution in [1.29, 1.82) is 0 Å². The van der Waals surface area contributed by atoms with Crippen molar-refractivity contribution in [1.82, 2.24) is 10.6 Å². The van der Waals surface area contributed by atoms with Crippen LogP contribution in [-0.4, -0.2) is 41.3 Å². The number of ether oxygens (including phenoxy) is 1. The number of thioether (sulfide) groups is 1. The van der Waals surface area contributed by atoms with Crippen molar-refractivity contribution in [3.8, 4) is 0 Å². The van der Waals surface area contributed by atoms with E-state index in [2.05, 4.69) is 10.6 Å². The molecule has 0 fully saturated rings. The van der Waals surface area contributed by atoms with Crippen LogP contribution in [0.5, 0.6) is 0 Å². The zero-order valence-electron chi connectivity index (χ0n) is 20.3. The Kier molecular flexibility index (Phi) is 8.33. The Morgan fingerprint density at radius 3 is 2.57 bits per heavy atom. The maximum atomic E-state index is 14.1. The first-order valence-corrected chi connectivity index (χ1v) is 12.5. The van der Waals surface area contributed by atoms with Crippen LogP contribution in [-0.2, 0) is 16.1 Å². The minimum absolute atomic E-state index is 0.0161. The van der Waals surface area contributed by atoms with Gasteiger partial charge in [-0.05, 0) is 70.5 Å². The van der Waals surface area contributed by atoms with E-state index in [4.69, 9.17) is 16.3 Å². The Balaban J connectivity index is 1.99. The number of nitrogens with one attached hydrogen (secondary N) is 2. The van der Waals surface area contributed by atoms with Crippen LogP contribution >= 0.6 is 23.4 Å². The average Bonchev–Trinajstić information content (AvgIpc) is 2.86. The Labute approximate surface area is 213 Å². The fourth-order valence-electron chi connectivity index (χ4n) is 3.43. The highest BCUT2D eigenvalue weighted by Crippen LogP contribution is 2.36. The van der Waals surface area contributed by atoms with Crippen molar-refractivity contribution in [3.05, 3.63) is 58.4 Å². The molecule has 3 rings (SSSR count). The summed E-state index contributed by atoms with van der Waals surface area (Å²) in [4.78, 5) is 40.9. The van der Waals surface area contributed by atoms with Gasteiger partial charge in [0.2, 0.25) is 0 Å². The smallest absolute Gasteiger partial charge is 0.408 e. The molecule has 0 saturated carbocycles. The molecule has 2 aromatic rings. The summed E-state index contributed by atoms with van der Waals surface area (Å²) < 4.78 is 19.5. The molecule has 1 heterocycles. The summed E-state index contributed by atoms with van der Waals surface area (Å²) >= 11 is 7.20. The first kappa shape index (κ1) is 26.8. The van der Waals surface area contributed by atoms with Crippen LogP contribution < -0.4 is 15.5 Å². The predicted molar refractivity (Wildman–Crippen MR) is 136 cm³/mol. The average molecular weight is 522 g/mol. The van der Waals surface area contributed by atoms with E-state index in [9.17, 15) is 18.8 Å². The monoisotopic (exact) mass is 521 g/mol. The molecule has 0 unspecified atom stereocenters. The third-order valence-electron chi connectivity index (χ3n) is 4.92. The van der Waals surface area contributed by atoms with Crippen LogP contribution in [0.2, 0.25) is 5.02 Å². The van der Waals surface area contributed by atoms with Gasteiger partial charge in [0.25, 0.3) is 11.8 Å². The van der Waals surface area contributed by atoms with Gasteiger partial charge in [0.15, 0.2) is 0 Å². The Morgan fingerprint density at radius 2 is 1.94 bits per heavy atom. The topological polar surface area (TPSA) is 87.7 Å². The van der Waals surface area contributed by atoms with E-state index in [0.717, 1.165) is 4.90 Å². The SMILES string of the molecule is CC(C)NC(=O)c1ccc2c(c1)N(Cc1ccc(Cl)c(F)c1)C(=O)[C@@H](NC(=O)OC(C)(C)C)CS2. The van der Waals surface area contributed by atoms with Crippen LogP contribution in [0.3, 0.4) is 0 Å². The Hall–Kier alpha value is -2.78. The number of hydrogen-bond acceptors (Lipinski definition) is 5. The number of alkyl carbamates (subject to hydrolysis) is 1. The number of anilines is 1. The van der Waals surface area contributed by atoms with E-state index >= 15 is 0 Å². The van der Waals surface area contributed by atoms with Gasteiger partial charge >= 0.3 is 6.09 Å². The summed E-state index contributed by atoms with van der Waals surface area (Å²) in [5, 5.41) is 5.47. The molecule has 0 aliphatic carbocycles. The second-order valence-corrected chi connectivity index (χ2v) is 11.0. The first-order chi connectivity index (χ1) is 16.3. The molecule has 0 saturated heterocycles. The third-order valence-corrected chi connectivity index (χ3v) is 6.38. The standard InChI is InChI=1S/C25H29ClFN3O4S/c1-14(2)28-22(31)16-7-9-21-20(11-16)30(12-15-6-8-17(26)18(27)10-15)23(32)19(13-35-21)29-24(33)34-25(3,4)5/h6-11,14,19H,12-13H2,1-5H3,(H,28,31)(H,29,33)/t19-/m0/s1. The van der Waals surface area contributed by atoms with Crippen molar-refractivity contribution in [2.24, 2.45) is 0 Å². The lowest BCUT2D eigenvalue weighted by Crippen LogP contribution is -2.50. The lowest BCUT2D eigenvalue weighted by atomic mass is 10.1. The van der Waals surface area contributed by atoms with Crippen molar-refractivity contribution in [3.63, 3.8) is 0 Å². The van der Waals surface area contributed by atoms with Crippen LogP contribution in [0.15, 0.2) is 41.3 Å². The van der Waals surface area contributed by atoms with Crippen molar-refractivity contribution < 1.29 is 23.5 Å². The Bertz CT molecular complexity index is 1140. The fraction of sp³-hybridized carbons (Fsp3) is 0.400. The molecular weight excluding hydrogens is 493 g/mol. The van der Waals surface area contributed by atoms with Gasteiger partial charge in [-0.2, -0.15) is 0 Å². The molecule has 3 amide bonds. The molecule has 1 aliphatic heterocycles. The highest BCUT2D eigenvalue weighted by Gasteiger charge is 2.33. The maximum Gasteiger partial charge on any atom is 0.408 e. The fourth-order valence-corrected chi connectivity index (χ4v) is 4.60. The van der Waals surface area contributed by atoms with Gasteiger partial charge in [-0.3, -0.25) is 9.59 Å². The number of nitrogens with zero attached hydrogens (tertiary/aromatic N) is 1. The summed E-state index contributed by atoms with van der Waals surface area (Å²) in [6, 6.07) is 8.46. The van der Waals surface area contributed by atoms with Crippen molar-refractivity contribution in [2.45, 2.75) is 63.7 Å². The van der Waals surface area contributed by atoms with Gasteiger partial charge in [0, 0.05) is 22.3 Å². The molecule has 0 radical (unpaired) electrons. The van der Waals surface area contributed by atoms with Gasteiger partial charge in [-0.15, -0.1) is 11.8 Å². The molecule has 188 valence electrons. The minimum atomic E-state index is -0.896. The highest BCUT2D eigenvalue weighted by molar-refractivity contribution is 7.99. The van der Waals surface area contributed by atoms with E-state index < -0.39 is 29.5 Å². The normalized spacial score (nSPS) is 15.9. The largest absolute Gasteiger partial charge is 0.444 e. The van der Waals surface area contributed by atoms with Crippen LogP contribution in [0.25, 0.3) is 0 Å². The number of amides is 3. The maximum absolute atomic E-state index is 14.1. The molecule has 0 bridgehead atoms. The summed E-state index contributed by atoms with van der Waals surface area (Å²) in [6.45, 7) is 8.93. The zero-order chi connectivity index (χ0) is 25.9. The van der Waals surface area contributed by atoms with E-state index in [1.807, 2.05) is 13.8 Å². The van der Waals surface area contributed by atoms with E-state index in [1.54, 1.807) is 45.0 Å². The number of hydrogen-bond donors (Lipinski definition) is 2. The minimum Gasteiger partial charge on any atom is -0.444 e. The molecule has 10 heteroatoms. The zero-order valence-corrected chi connectivity index (χ0v) is 21.8. The first-order valence-electron chi connectivity index (χ1n) is 11.2. The molecule has 7 nitrogen and oxygen atoms in total. The van der Waals surface area contributed by atoms with Gasteiger partial charge < -0.3 is 20.3 Å². The van der Waals surface area contributed by atoms with E-state index in [0.29, 0.717) is 16.8 Å². The molecule has 0 spiro atoms. The summed E-state index contributed by atoms with van der Waals surface area (Å²) in [5.41, 5.74) is 0.663. The van der Waals surface area contributed by atoms with Crippen molar-refractivity contribution >= 4 is 47.0 Å². The second-order valence-electron chi connectivity index (χ2n) is 9.49. The number of carbonyl (C=O) groups is 3. The molecule has 0 aromatic heterocycles. The molecule has 2 aromatic carbocycles. The quantitative estimate of drug-likeness (QED) is 0.568.